The second kappa shape index (κ2) is 6.52. The van der Waals surface area contributed by atoms with E-state index in [0.29, 0.717) is 16.8 Å². The molecule has 3 rings (SSSR count). The average molecular weight is 355 g/mol. The normalized spacial score (nSPS) is 16.2. The molecule has 5 nitrogen and oxygen atoms in total. The molecule has 2 aromatic rings. The highest BCUT2D eigenvalue weighted by molar-refractivity contribution is 6.32. The molecular weight excluding hydrogens is 342 g/mol. The molecule has 24 heavy (non-hydrogen) atoms. The number of fused-ring (bicyclic) bond motifs is 1. The van der Waals surface area contributed by atoms with Gasteiger partial charge in [0.05, 0.1) is 17.7 Å². The monoisotopic (exact) mass is 354 g/mol. The van der Waals surface area contributed by atoms with E-state index >= 15 is 0 Å². The van der Waals surface area contributed by atoms with Gasteiger partial charge in [-0.25, -0.2) is 0 Å². The number of nitrogens with one attached hydrogen (secondary N) is 2. The first kappa shape index (κ1) is 16.3. The SMILES string of the molecule is COc1cc([C@@H]2NC(=O)c3ccccc3N2)cc(Cl)c1OC(F)F. The number of benzene rings is 2. The number of hydrogen-bond acceptors (Lipinski definition) is 4. The van der Waals surface area contributed by atoms with Crippen LogP contribution in [-0.2, 0) is 0 Å². The van der Waals surface area contributed by atoms with Crippen molar-refractivity contribution in [2.45, 2.75) is 12.8 Å². The molecule has 1 aliphatic rings. The standard InChI is InChI=1S/C16H13ClF2N2O3/c1-23-12-7-8(6-10(17)13(12)24-16(18)19)14-20-11-5-3-2-4-9(11)15(22)21-14/h2-7,14,16,20H,1H3,(H,21,22)/t14-/m0/s1. The van der Waals surface area contributed by atoms with Crippen LogP contribution >= 0.6 is 11.6 Å². The van der Waals surface area contributed by atoms with E-state index in [4.69, 9.17) is 16.3 Å². The molecule has 2 N–H and O–H groups in total. The zero-order valence-corrected chi connectivity index (χ0v) is 13.2. The van der Waals surface area contributed by atoms with Crippen molar-refractivity contribution in [2.24, 2.45) is 0 Å². The van der Waals surface area contributed by atoms with E-state index in [2.05, 4.69) is 15.4 Å². The molecule has 126 valence electrons. The van der Waals surface area contributed by atoms with E-state index in [9.17, 15) is 13.6 Å². The minimum Gasteiger partial charge on any atom is -0.493 e. The van der Waals surface area contributed by atoms with E-state index in [1.165, 1.54) is 19.2 Å². The zero-order valence-electron chi connectivity index (χ0n) is 12.5. The minimum atomic E-state index is -3.03. The Morgan fingerprint density at radius 1 is 1.21 bits per heavy atom. The van der Waals surface area contributed by atoms with Gasteiger partial charge < -0.3 is 20.1 Å². The summed E-state index contributed by atoms with van der Waals surface area (Å²) < 4.78 is 34.4. The van der Waals surface area contributed by atoms with Crippen molar-refractivity contribution in [3.05, 3.63) is 52.5 Å². The number of rotatable bonds is 4. The minimum absolute atomic E-state index is 0.0421. The van der Waals surface area contributed by atoms with Crippen LogP contribution in [0.15, 0.2) is 36.4 Å². The maximum absolute atomic E-state index is 12.5. The fourth-order valence-electron chi connectivity index (χ4n) is 2.48. The Hall–Kier alpha value is -2.54. The molecule has 0 spiro atoms. The third-order valence-corrected chi connectivity index (χ3v) is 3.82. The lowest BCUT2D eigenvalue weighted by Crippen LogP contribution is -2.38. The van der Waals surface area contributed by atoms with Crippen LogP contribution in [0.25, 0.3) is 0 Å². The van der Waals surface area contributed by atoms with Gasteiger partial charge in [0.15, 0.2) is 11.5 Å². The molecule has 1 atom stereocenters. The summed E-state index contributed by atoms with van der Waals surface area (Å²) in [5, 5.41) is 5.88. The highest BCUT2D eigenvalue weighted by Crippen LogP contribution is 2.39. The summed E-state index contributed by atoms with van der Waals surface area (Å²) in [5.41, 5.74) is 1.72. The molecule has 1 amide bonds. The molecule has 1 aliphatic heterocycles. The van der Waals surface area contributed by atoms with Gasteiger partial charge in [0.25, 0.3) is 5.91 Å². The molecule has 1 heterocycles. The average Bonchev–Trinajstić information content (AvgIpc) is 2.56. The van der Waals surface area contributed by atoms with Gasteiger partial charge in [0.1, 0.15) is 6.17 Å². The van der Waals surface area contributed by atoms with Crippen molar-refractivity contribution in [3.63, 3.8) is 0 Å². The molecule has 0 saturated carbocycles. The predicted octanol–water partition coefficient (Wildman–Crippen LogP) is 3.80. The molecule has 0 saturated heterocycles. The van der Waals surface area contributed by atoms with E-state index in [1.807, 2.05) is 0 Å². The largest absolute Gasteiger partial charge is 0.493 e. The molecule has 0 fully saturated rings. The Labute approximate surface area is 141 Å². The second-order valence-corrected chi connectivity index (χ2v) is 5.42. The summed E-state index contributed by atoms with van der Waals surface area (Å²) in [6, 6.07) is 9.95. The summed E-state index contributed by atoms with van der Waals surface area (Å²) in [4.78, 5) is 12.2. The predicted molar refractivity (Wildman–Crippen MR) is 84.9 cm³/mol. The number of halogens is 3. The zero-order chi connectivity index (χ0) is 17.3. The number of alkyl halides is 2. The Kier molecular flexibility index (Phi) is 4.44. The van der Waals surface area contributed by atoms with E-state index < -0.39 is 12.8 Å². The van der Waals surface area contributed by atoms with Crippen LogP contribution in [0.5, 0.6) is 11.5 Å². The van der Waals surface area contributed by atoms with Gasteiger partial charge in [-0.3, -0.25) is 4.79 Å². The number of carbonyl (C=O) groups is 1. The van der Waals surface area contributed by atoms with Gasteiger partial charge in [-0.15, -0.1) is 0 Å². The number of anilines is 1. The van der Waals surface area contributed by atoms with Crippen LogP contribution in [-0.4, -0.2) is 19.6 Å². The van der Waals surface area contributed by atoms with Crippen molar-refractivity contribution >= 4 is 23.2 Å². The Bertz CT molecular complexity index is 786. The number of amides is 1. The fraction of sp³-hybridized carbons (Fsp3) is 0.188. The van der Waals surface area contributed by atoms with Gasteiger partial charge in [0, 0.05) is 5.69 Å². The van der Waals surface area contributed by atoms with E-state index in [-0.39, 0.29) is 22.4 Å². The summed E-state index contributed by atoms with van der Waals surface area (Å²) in [7, 11) is 1.32. The van der Waals surface area contributed by atoms with Crippen molar-refractivity contribution in [2.75, 3.05) is 12.4 Å². The van der Waals surface area contributed by atoms with Crippen molar-refractivity contribution in [1.82, 2.24) is 5.32 Å². The van der Waals surface area contributed by atoms with Gasteiger partial charge in [0.2, 0.25) is 0 Å². The number of ether oxygens (including phenoxy) is 2. The maximum atomic E-state index is 12.5. The highest BCUT2D eigenvalue weighted by Gasteiger charge is 2.26. The lowest BCUT2D eigenvalue weighted by Gasteiger charge is -2.28. The molecule has 0 bridgehead atoms. The van der Waals surface area contributed by atoms with Crippen molar-refractivity contribution in [3.8, 4) is 11.5 Å². The number of methoxy groups -OCH3 is 1. The highest BCUT2D eigenvalue weighted by atomic mass is 35.5. The molecule has 0 radical (unpaired) electrons. The molecular formula is C16H13ClF2N2O3. The first-order valence-corrected chi connectivity index (χ1v) is 7.36. The first-order valence-electron chi connectivity index (χ1n) is 6.98. The Morgan fingerprint density at radius 2 is 1.96 bits per heavy atom. The van der Waals surface area contributed by atoms with Crippen LogP contribution in [0.3, 0.4) is 0 Å². The topological polar surface area (TPSA) is 59.6 Å². The number of hydrogen-bond donors (Lipinski definition) is 2. The summed E-state index contributed by atoms with van der Waals surface area (Å²) in [6.07, 6.45) is -0.584. The van der Waals surface area contributed by atoms with E-state index in [0.717, 1.165) is 0 Å². The van der Waals surface area contributed by atoms with Crippen LogP contribution in [0, 0.1) is 0 Å². The van der Waals surface area contributed by atoms with E-state index in [1.54, 1.807) is 24.3 Å². The first-order chi connectivity index (χ1) is 11.5. The van der Waals surface area contributed by atoms with Crippen molar-refractivity contribution in [1.29, 1.82) is 0 Å². The smallest absolute Gasteiger partial charge is 0.387 e. The molecule has 0 aliphatic carbocycles. The third kappa shape index (κ3) is 3.07. The fourth-order valence-corrected chi connectivity index (χ4v) is 2.75. The van der Waals surface area contributed by atoms with Crippen LogP contribution in [0.2, 0.25) is 5.02 Å². The molecule has 8 heteroatoms. The Morgan fingerprint density at radius 3 is 2.67 bits per heavy atom. The van der Waals surface area contributed by atoms with Gasteiger partial charge in [-0.2, -0.15) is 8.78 Å². The Balaban J connectivity index is 1.96. The van der Waals surface area contributed by atoms with Crippen LogP contribution in [0.1, 0.15) is 22.1 Å². The van der Waals surface area contributed by atoms with Gasteiger partial charge in [-0.1, -0.05) is 23.7 Å². The van der Waals surface area contributed by atoms with Crippen LogP contribution < -0.4 is 20.1 Å². The quantitative estimate of drug-likeness (QED) is 0.876. The number of carbonyl (C=O) groups excluding carboxylic acids is 1. The maximum Gasteiger partial charge on any atom is 0.387 e. The summed E-state index contributed by atoms with van der Waals surface area (Å²) in [6.45, 7) is -3.03. The van der Waals surface area contributed by atoms with Crippen LogP contribution in [0.4, 0.5) is 14.5 Å². The summed E-state index contributed by atoms with van der Waals surface area (Å²) in [5.74, 6) is -0.453. The summed E-state index contributed by atoms with van der Waals surface area (Å²) >= 11 is 6.03. The molecule has 2 aromatic carbocycles. The molecule has 0 aromatic heterocycles. The molecule has 0 unspecified atom stereocenters. The van der Waals surface area contributed by atoms with Crippen molar-refractivity contribution < 1.29 is 23.0 Å². The van der Waals surface area contributed by atoms with Gasteiger partial charge >= 0.3 is 6.61 Å². The lowest BCUT2D eigenvalue weighted by atomic mass is 10.1. The third-order valence-electron chi connectivity index (χ3n) is 3.54. The number of para-hydroxylation sites is 1. The lowest BCUT2D eigenvalue weighted by molar-refractivity contribution is -0.0511. The second-order valence-electron chi connectivity index (χ2n) is 5.01. The van der Waals surface area contributed by atoms with Gasteiger partial charge in [-0.05, 0) is 29.8 Å².